The maximum absolute atomic E-state index is 12.7. The minimum Gasteiger partial charge on any atom is -0.335 e. The first-order chi connectivity index (χ1) is 12.5. The van der Waals surface area contributed by atoms with Crippen LogP contribution in [0.4, 0.5) is 10.5 Å². The van der Waals surface area contributed by atoms with E-state index in [-0.39, 0.29) is 22.0 Å². The fraction of sp³-hybridized carbons (Fsp3) is 0.278. The Kier molecular flexibility index (Phi) is 5.80. The number of anilines is 1. The van der Waals surface area contributed by atoms with Gasteiger partial charge in [0.25, 0.3) is 0 Å². The van der Waals surface area contributed by atoms with Crippen molar-refractivity contribution in [3.8, 4) is 0 Å². The van der Waals surface area contributed by atoms with Crippen LogP contribution in [0.15, 0.2) is 59.5 Å². The third kappa shape index (κ3) is 4.35. The van der Waals surface area contributed by atoms with E-state index in [0.717, 1.165) is 0 Å². The number of amides is 2. The number of nitrogens with one attached hydrogen (secondary N) is 2. The summed E-state index contributed by atoms with van der Waals surface area (Å²) in [5, 5.41) is 5.88. The first-order valence-corrected chi connectivity index (χ1v) is 10.2. The Bertz CT molecular complexity index is 866. The molecule has 1 heterocycles. The number of para-hydroxylation sites is 1. The zero-order valence-corrected chi connectivity index (χ0v) is 15.6. The van der Waals surface area contributed by atoms with Crippen LogP contribution in [0, 0.1) is 0 Å². The number of carbonyl (C=O) groups excluding carboxylic acids is 1. The monoisotopic (exact) mass is 393 g/mol. The van der Waals surface area contributed by atoms with Gasteiger partial charge in [-0.05, 0) is 37.1 Å². The highest BCUT2D eigenvalue weighted by molar-refractivity contribution is 7.89. The second kappa shape index (κ2) is 8.07. The maximum Gasteiger partial charge on any atom is 0.319 e. The molecule has 1 fully saturated rings. The molecule has 0 saturated carbocycles. The standard InChI is InChI=1S/C18H20ClN3O3S/c19-16-8-4-5-9-17(16)26(24,25)22-12-10-15(11-13-22)21-18(23)20-14-6-2-1-3-7-14/h1-9,15H,10-13H2,(H2,20,21,23). The molecule has 26 heavy (non-hydrogen) atoms. The van der Waals surface area contributed by atoms with Crippen LogP contribution in [0.1, 0.15) is 12.8 Å². The van der Waals surface area contributed by atoms with E-state index in [9.17, 15) is 13.2 Å². The Morgan fingerprint density at radius 3 is 2.27 bits per heavy atom. The van der Waals surface area contributed by atoms with Crippen LogP contribution in [0.3, 0.4) is 0 Å². The van der Waals surface area contributed by atoms with E-state index in [2.05, 4.69) is 10.6 Å². The van der Waals surface area contributed by atoms with Crippen LogP contribution in [0.25, 0.3) is 0 Å². The summed E-state index contributed by atoms with van der Waals surface area (Å²) < 4.78 is 26.9. The number of urea groups is 1. The van der Waals surface area contributed by atoms with Crippen molar-refractivity contribution in [2.24, 2.45) is 0 Å². The number of rotatable bonds is 4. The normalized spacial score (nSPS) is 16.2. The molecule has 6 nitrogen and oxygen atoms in total. The molecule has 1 aliphatic rings. The number of carbonyl (C=O) groups is 1. The molecule has 138 valence electrons. The van der Waals surface area contributed by atoms with E-state index in [1.54, 1.807) is 30.3 Å². The Balaban J connectivity index is 1.56. The van der Waals surface area contributed by atoms with E-state index in [1.807, 2.05) is 18.2 Å². The van der Waals surface area contributed by atoms with Gasteiger partial charge in [0, 0.05) is 24.8 Å². The summed E-state index contributed by atoms with van der Waals surface area (Å²) in [6, 6.07) is 15.2. The number of halogens is 1. The third-order valence-electron chi connectivity index (χ3n) is 4.28. The summed E-state index contributed by atoms with van der Waals surface area (Å²) in [6.07, 6.45) is 1.10. The molecule has 3 rings (SSSR count). The maximum atomic E-state index is 12.7. The van der Waals surface area contributed by atoms with E-state index in [0.29, 0.717) is 31.6 Å². The molecule has 1 saturated heterocycles. The number of piperidine rings is 1. The molecule has 0 unspecified atom stereocenters. The quantitative estimate of drug-likeness (QED) is 0.836. The van der Waals surface area contributed by atoms with Gasteiger partial charge in [0.1, 0.15) is 4.90 Å². The topological polar surface area (TPSA) is 78.5 Å². The van der Waals surface area contributed by atoms with Gasteiger partial charge in [-0.25, -0.2) is 13.2 Å². The number of benzene rings is 2. The summed E-state index contributed by atoms with van der Waals surface area (Å²) in [5.41, 5.74) is 0.712. The number of hydrogen-bond donors (Lipinski definition) is 2. The van der Waals surface area contributed by atoms with Crippen LogP contribution in [-0.2, 0) is 10.0 Å². The van der Waals surface area contributed by atoms with Gasteiger partial charge in [0.05, 0.1) is 5.02 Å². The molecule has 8 heteroatoms. The second-order valence-electron chi connectivity index (χ2n) is 6.07. The molecule has 0 aliphatic carbocycles. The van der Waals surface area contributed by atoms with Crippen molar-refractivity contribution < 1.29 is 13.2 Å². The Hall–Kier alpha value is -2.09. The zero-order chi connectivity index (χ0) is 18.6. The lowest BCUT2D eigenvalue weighted by Gasteiger charge is -2.31. The molecular formula is C18H20ClN3O3S. The minimum atomic E-state index is -3.62. The average Bonchev–Trinajstić information content (AvgIpc) is 2.63. The molecule has 0 spiro atoms. The summed E-state index contributed by atoms with van der Waals surface area (Å²) >= 11 is 6.03. The fourth-order valence-electron chi connectivity index (χ4n) is 2.91. The summed E-state index contributed by atoms with van der Waals surface area (Å²) in [7, 11) is -3.62. The highest BCUT2D eigenvalue weighted by Crippen LogP contribution is 2.26. The lowest BCUT2D eigenvalue weighted by molar-refractivity contribution is 0.238. The molecule has 0 radical (unpaired) electrons. The highest BCUT2D eigenvalue weighted by Gasteiger charge is 2.31. The minimum absolute atomic E-state index is 0.0728. The van der Waals surface area contributed by atoms with E-state index in [1.165, 1.54) is 10.4 Å². The first kappa shape index (κ1) is 18.7. The zero-order valence-electron chi connectivity index (χ0n) is 14.1. The Morgan fingerprint density at radius 1 is 1.00 bits per heavy atom. The van der Waals surface area contributed by atoms with Gasteiger partial charge in [-0.1, -0.05) is 41.9 Å². The molecule has 2 aromatic carbocycles. The van der Waals surface area contributed by atoms with Crippen molar-refractivity contribution in [2.45, 2.75) is 23.8 Å². The van der Waals surface area contributed by atoms with Gasteiger partial charge in [-0.3, -0.25) is 0 Å². The van der Waals surface area contributed by atoms with Crippen molar-refractivity contribution in [1.29, 1.82) is 0 Å². The average molecular weight is 394 g/mol. The van der Waals surface area contributed by atoms with Crippen molar-refractivity contribution in [1.82, 2.24) is 9.62 Å². The highest BCUT2D eigenvalue weighted by atomic mass is 35.5. The number of sulfonamides is 1. The van der Waals surface area contributed by atoms with Gasteiger partial charge in [0.2, 0.25) is 10.0 Å². The van der Waals surface area contributed by atoms with Crippen LogP contribution < -0.4 is 10.6 Å². The first-order valence-electron chi connectivity index (χ1n) is 8.34. The van der Waals surface area contributed by atoms with Crippen molar-refractivity contribution in [3.05, 3.63) is 59.6 Å². The van der Waals surface area contributed by atoms with Crippen LogP contribution in [0.2, 0.25) is 5.02 Å². The molecular weight excluding hydrogens is 374 g/mol. The van der Waals surface area contributed by atoms with Crippen LogP contribution >= 0.6 is 11.6 Å². The summed E-state index contributed by atoms with van der Waals surface area (Å²) in [4.78, 5) is 12.2. The number of hydrogen-bond acceptors (Lipinski definition) is 3. The lowest BCUT2D eigenvalue weighted by atomic mass is 10.1. The van der Waals surface area contributed by atoms with Gasteiger partial charge in [0.15, 0.2) is 0 Å². The molecule has 2 N–H and O–H groups in total. The Morgan fingerprint density at radius 2 is 1.62 bits per heavy atom. The Labute approximate surface area is 158 Å². The van der Waals surface area contributed by atoms with Crippen molar-refractivity contribution >= 4 is 33.3 Å². The van der Waals surface area contributed by atoms with E-state index < -0.39 is 10.0 Å². The van der Waals surface area contributed by atoms with Crippen molar-refractivity contribution in [3.63, 3.8) is 0 Å². The molecule has 2 amide bonds. The molecule has 1 aliphatic heterocycles. The summed E-state index contributed by atoms with van der Waals surface area (Å²) in [6.45, 7) is 0.674. The van der Waals surface area contributed by atoms with Crippen molar-refractivity contribution in [2.75, 3.05) is 18.4 Å². The van der Waals surface area contributed by atoms with E-state index in [4.69, 9.17) is 11.6 Å². The lowest BCUT2D eigenvalue weighted by Crippen LogP contribution is -2.47. The van der Waals surface area contributed by atoms with Gasteiger partial charge < -0.3 is 10.6 Å². The molecule has 0 atom stereocenters. The number of nitrogens with zero attached hydrogens (tertiary/aromatic N) is 1. The van der Waals surface area contributed by atoms with Gasteiger partial charge >= 0.3 is 6.03 Å². The third-order valence-corrected chi connectivity index (χ3v) is 6.67. The van der Waals surface area contributed by atoms with Crippen LogP contribution in [-0.4, -0.2) is 37.9 Å². The van der Waals surface area contributed by atoms with Gasteiger partial charge in [-0.15, -0.1) is 0 Å². The van der Waals surface area contributed by atoms with Crippen LogP contribution in [0.5, 0.6) is 0 Å². The van der Waals surface area contributed by atoms with Gasteiger partial charge in [-0.2, -0.15) is 4.31 Å². The predicted molar refractivity (Wildman–Crippen MR) is 102 cm³/mol. The SMILES string of the molecule is O=C(Nc1ccccc1)NC1CCN(S(=O)(=O)c2ccccc2Cl)CC1. The fourth-order valence-corrected chi connectivity index (χ4v) is 4.87. The smallest absolute Gasteiger partial charge is 0.319 e. The predicted octanol–water partition coefficient (Wildman–Crippen LogP) is 3.31. The molecule has 0 aromatic heterocycles. The summed E-state index contributed by atoms with van der Waals surface area (Å²) in [5.74, 6) is 0. The molecule has 0 bridgehead atoms. The largest absolute Gasteiger partial charge is 0.335 e. The second-order valence-corrected chi connectivity index (χ2v) is 8.39. The van der Waals surface area contributed by atoms with E-state index >= 15 is 0 Å². The molecule has 2 aromatic rings.